The molecule has 0 aliphatic carbocycles. The van der Waals surface area contributed by atoms with E-state index in [0.717, 1.165) is 13.0 Å². The number of hydrogen-bond donors (Lipinski definition) is 1. The molecule has 0 spiro atoms. The van der Waals surface area contributed by atoms with Crippen molar-refractivity contribution in [2.75, 3.05) is 27.2 Å². The van der Waals surface area contributed by atoms with E-state index >= 15 is 0 Å². The van der Waals surface area contributed by atoms with Gasteiger partial charge in [-0.3, -0.25) is 0 Å². The molecule has 2 heteroatoms. The Morgan fingerprint density at radius 3 is 2.11 bits per heavy atom. The van der Waals surface area contributed by atoms with E-state index in [-0.39, 0.29) is 0 Å². The van der Waals surface area contributed by atoms with E-state index in [2.05, 4.69) is 18.9 Å². The molecule has 1 aliphatic heterocycles. The van der Waals surface area contributed by atoms with Crippen LogP contribution >= 0.6 is 0 Å². The zero-order valence-corrected chi connectivity index (χ0v) is 6.59. The maximum atomic E-state index is 7.00. The number of hydrogen-bond acceptors (Lipinski definition) is 2. The number of rotatable bonds is 0. The first kappa shape index (κ1) is 8.92. The summed E-state index contributed by atoms with van der Waals surface area (Å²) in [5, 5.41) is 7.00. The van der Waals surface area contributed by atoms with Crippen LogP contribution in [0.4, 0.5) is 0 Å². The summed E-state index contributed by atoms with van der Waals surface area (Å²) < 4.78 is 0. The molecule has 1 heterocycles. The van der Waals surface area contributed by atoms with Gasteiger partial charge in [-0.2, -0.15) is 0 Å². The lowest BCUT2D eigenvalue weighted by Gasteiger charge is -2.03. The predicted octanol–water partition coefficient (Wildman–Crippen LogP) is 0.567. The van der Waals surface area contributed by atoms with Crippen LogP contribution in [0.2, 0.25) is 0 Å². The third kappa shape index (κ3) is 3.49. The van der Waals surface area contributed by atoms with Gasteiger partial charge < -0.3 is 10.0 Å². The van der Waals surface area contributed by atoms with Gasteiger partial charge in [0.1, 0.15) is 0 Å². The second kappa shape index (κ2) is 4.77. The summed E-state index contributed by atoms with van der Waals surface area (Å²) in [4.78, 5) is 2.38. The fraction of sp³-hybridized carbons (Fsp3) is 1.00. The maximum absolute atomic E-state index is 7.00. The molecule has 1 atom stereocenters. The van der Waals surface area contributed by atoms with Gasteiger partial charge in [0, 0.05) is 13.7 Å². The Kier molecular flexibility index (Phi) is 4.72. The smallest absolute Gasteiger partial charge is 0.0319 e. The molecule has 0 aromatic rings. The van der Waals surface area contributed by atoms with E-state index in [1.165, 1.54) is 19.5 Å². The monoisotopic (exact) mass is 131 g/mol. The molecule has 0 aromatic carbocycles. The number of aliphatic hydroxyl groups excluding tert-OH is 1. The van der Waals surface area contributed by atoms with Crippen LogP contribution in [0.25, 0.3) is 0 Å². The lowest BCUT2D eigenvalue weighted by Crippen LogP contribution is -2.12. The molecule has 0 saturated carbocycles. The number of aliphatic hydroxyl groups is 1. The van der Waals surface area contributed by atoms with Crippen LogP contribution in [-0.2, 0) is 0 Å². The number of likely N-dealkylation sites (tertiary alicyclic amines) is 1. The molecule has 2 nitrogen and oxygen atoms in total. The molecular formula is C7H17NO. The third-order valence-corrected chi connectivity index (χ3v) is 1.63. The van der Waals surface area contributed by atoms with Crippen LogP contribution < -0.4 is 0 Å². The van der Waals surface area contributed by atoms with Crippen LogP contribution in [0.5, 0.6) is 0 Å². The second-order valence-electron chi connectivity index (χ2n) is 2.66. The Bertz CT molecular complexity index is 57.9. The Morgan fingerprint density at radius 1 is 1.44 bits per heavy atom. The van der Waals surface area contributed by atoms with Gasteiger partial charge in [0.2, 0.25) is 0 Å². The molecule has 1 unspecified atom stereocenters. The Morgan fingerprint density at radius 2 is 2.00 bits per heavy atom. The molecule has 0 bridgehead atoms. The van der Waals surface area contributed by atoms with Crippen molar-refractivity contribution in [1.29, 1.82) is 0 Å². The highest BCUT2D eigenvalue weighted by Crippen LogP contribution is 2.11. The molecule has 1 aliphatic rings. The predicted molar refractivity (Wildman–Crippen MR) is 39.4 cm³/mol. The van der Waals surface area contributed by atoms with Crippen LogP contribution in [0.3, 0.4) is 0 Å². The largest absolute Gasteiger partial charge is 0.400 e. The van der Waals surface area contributed by atoms with Crippen LogP contribution in [0.1, 0.15) is 13.3 Å². The zero-order valence-electron chi connectivity index (χ0n) is 6.59. The van der Waals surface area contributed by atoms with Crippen LogP contribution in [-0.4, -0.2) is 37.3 Å². The highest BCUT2D eigenvalue weighted by atomic mass is 16.2. The van der Waals surface area contributed by atoms with Crippen molar-refractivity contribution in [3.8, 4) is 0 Å². The normalized spacial score (nSPS) is 27.3. The standard InChI is InChI=1S/C6H13N.CH4O/c1-6-3-4-7(2)5-6;1-2/h6H,3-5H2,1-2H3;2H,1H3. The van der Waals surface area contributed by atoms with Gasteiger partial charge in [-0.1, -0.05) is 6.92 Å². The van der Waals surface area contributed by atoms with Gasteiger partial charge in [-0.15, -0.1) is 0 Å². The summed E-state index contributed by atoms with van der Waals surface area (Å²) in [5.41, 5.74) is 0. The molecule has 9 heavy (non-hydrogen) atoms. The Balaban J connectivity index is 0.000000291. The summed E-state index contributed by atoms with van der Waals surface area (Å²) in [6.07, 6.45) is 1.40. The van der Waals surface area contributed by atoms with Crippen molar-refractivity contribution >= 4 is 0 Å². The summed E-state index contributed by atoms with van der Waals surface area (Å²) in [6, 6.07) is 0. The van der Waals surface area contributed by atoms with E-state index in [1.54, 1.807) is 0 Å². The van der Waals surface area contributed by atoms with Crippen molar-refractivity contribution in [3.05, 3.63) is 0 Å². The minimum absolute atomic E-state index is 0.949. The Hall–Kier alpha value is -0.0800. The molecule has 0 radical (unpaired) electrons. The van der Waals surface area contributed by atoms with Crippen LogP contribution in [0, 0.1) is 5.92 Å². The lowest BCUT2D eigenvalue weighted by atomic mass is 10.2. The summed E-state index contributed by atoms with van der Waals surface area (Å²) >= 11 is 0. The average Bonchev–Trinajstić information content (AvgIpc) is 2.20. The molecule has 1 fully saturated rings. The quantitative estimate of drug-likeness (QED) is 0.519. The highest BCUT2D eigenvalue weighted by molar-refractivity contribution is 4.67. The van der Waals surface area contributed by atoms with Gasteiger partial charge in [0.25, 0.3) is 0 Å². The van der Waals surface area contributed by atoms with Gasteiger partial charge >= 0.3 is 0 Å². The van der Waals surface area contributed by atoms with Crippen molar-refractivity contribution in [3.63, 3.8) is 0 Å². The summed E-state index contributed by atoms with van der Waals surface area (Å²) in [6.45, 7) is 4.92. The SMILES string of the molecule is CC1CCN(C)C1.CO. The summed E-state index contributed by atoms with van der Waals surface area (Å²) in [5.74, 6) is 0.949. The van der Waals surface area contributed by atoms with E-state index < -0.39 is 0 Å². The fourth-order valence-electron chi connectivity index (χ4n) is 1.16. The van der Waals surface area contributed by atoms with Gasteiger partial charge in [-0.05, 0) is 25.9 Å². The fourth-order valence-corrected chi connectivity index (χ4v) is 1.16. The first-order chi connectivity index (χ1) is 4.29. The van der Waals surface area contributed by atoms with Gasteiger partial charge in [-0.25, -0.2) is 0 Å². The maximum Gasteiger partial charge on any atom is 0.0319 e. The molecule has 1 saturated heterocycles. The van der Waals surface area contributed by atoms with Crippen molar-refractivity contribution in [2.24, 2.45) is 5.92 Å². The van der Waals surface area contributed by atoms with E-state index in [0.29, 0.717) is 0 Å². The van der Waals surface area contributed by atoms with Crippen LogP contribution in [0.15, 0.2) is 0 Å². The van der Waals surface area contributed by atoms with E-state index in [1.807, 2.05) is 0 Å². The molecule has 56 valence electrons. The molecule has 1 N–H and O–H groups in total. The summed E-state index contributed by atoms with van der Waals surface area (Å²) in [7, 11) is 3.18. The van der Waals surface area contributed by atoms with Crippen molar-refractivity contribution in [2.45, 2.75) is 13.3 Å². The molecule has 0 amide bonds. The zero-order chi connectivity index (χ0) is 7.28. The van der Waals surface area contributed by atoms with Gasteiger partial charge in [0.05, 0.1) is 0 Å². The average molecular weight is 131 g/mol. The topological polar surface area (TPSA) is 23.5 Å². The highest BCUT2D eigenvalue weighted by Gasteiger charge is 2.13. The van der Waals surface area contributed by atoms with E-state index in [4.69, 9.17) is 5.11 Å². The molecule has 0 aromatic heterocycles. The number of nitrogens with zero attached hydrogens (tertiary/aromatic N) is 1. The van der Waals surface area contributed by atoms with Crippen molar-refractivity contribution in [1.82, 2.24) is 4.90 Å². The first-order valence-electron chi connectivity index (χ1n) is 3.42. The van der Waals surface area contributed by atoms with Gasteiger partial charge in [0.15, 0.2) is 0 Å². The van der Waals surface area contributed by atoms with Crippen molar-refractivity contribution < 1.29 is 5.11 Å². The van der Waals surface area contributed by atoms with E-state index in [9.17, 15) is 0 Å². The lowest BCUT2D eigenvalue weighted by molar-refractivity contribution is 0.399. The minimum Gasteiger partial charge on any atom is -0.400 e. The third-order valence-electron chi connectivity index (χ3n) is 1.63. The first-order valence-corrected chi connectivity index (χ1v) is 3.42. The minimum atomic E-state index is 0.949. The molecule has 1 rings (SSSR count). The second-order valence-corrected chi connectivity index (χ2v) is 2.66. The molecular weight excluding hydrogens is 114 g/mol. The Labute approximate surface area is 57.5 Å².